The van der Waals surface area contributed by atoms with Crippen molar-refractivity contribution in [2.24, 2.45) is 0 Å². The number of aliphatic hydroxyl groups excluding tert-OH is 1. The Morgan fingerprint density at radius 2 is 1.80 bits per heavy atom. The number of ether oxygens (including phenoxy) is 3. The van der Waals surface area contributed by atoms with Gasteiger partial charge in [0.25, 0.3) is 5.91 Å². The summed E-state index contributed by atoms with van der Waals surface area (Å²) in [5, 5.41) is 11.5. The molecule has 2 aromatic carbocycles. The van der Waals surface area contributed by atoms with Gasteiger partial charge < -0.3 is 29.5 Å². The molecule has 1 aliphatic rings. The molecule has 0 bridgehead atoms. The van der Waals surface area contributed by atoms with E-state index in [2.05, 4.69) is 5.32 Å². The summed E-state index contributed by atoms with van der Waals surface area (Å²) in [7, 11) is 1.55. The van der Waals surface area contributed by atoms with E-state index in [1.807, 2.05) is 0 Å². The average Bonchev–Trinajstić information content (AvgIpc) is 3.29. The van der Waals surface area contributed by atoms with Crippen LogP contribution in [0, 0.1) is 0 Å². The van der Waals surface area contributed by atoms with Crippen LogP contribution in [-0.2, 0) is 22.5 Å². The van der Waals surface area contributed by atoms with E-state index in [1.54, 1.807) is 62.3 Å². The van der Waals surface area contributed by atoms with Crippen LogP contribution in [-0.4, -0.2) is 61.3 Å². The molecule has 0 fully saturated rings. The Kier molecular flexibility index (Phi) is 11.6. The topological polar surface area (TPSA) is 114 Å². The molecule has 12 heteroatoms. The number of carbonyl (C=O) groups is 3. The van der Waals surface area contributed by atoms with E-state index < -0.39 is 12.0 Å². The van der Waals surface area contributed by atoms with Crippen molar-refractivity contribution < 1.29 is 33.7 Å². The zero-order chi connectivity index (χ0) is 29.2. The molecule has 0 spiro atoms. The maximum absolute atomic E-state index is 13.6. The normalized spacial score (nSPS) is 12.0. The van der Waals surface area contributed by atoms with Gasteiger partial charge in [-0.15, -0.1) is 11.3 Å². The van der Waals surface area contributed by atoms with E-state index >= 15 is 0 Å². The minimum Gasteiger partial charge on any atom is -0.497 e. The summed E-state index contributed by atoms with van der Waals surface area (Å²) in [5.74, 6) is 0.240. The Balaban J connectivity index is 0.00000141. The van der Waals surface area contributed by atoms with Crippen LogP contribution in [0.15, 0.2) is 42.5 Å². The minimum atomic E-state index is -0.462. The van der Waals surface area contributed by atoms with Gasteiger partial charge in [0.1, 0.15) is 16.5 Å². The van der Waals surface area contributed by atoms with Crippen LogP contribution in [0.3, 0.4) is 0 Å². The van der Waals surface area contributed by atoms with Crippen LogP contribution < -0.4 is 14.8 Å². The SMILES string of the molecule is CCO.CCOC(=O)N1CCc2c(sc(NC(=O)COc3ccc(Cl)cc3Cl)c2C(=O)c2ccc(OC)cc2)C1. The van der Waals surface area contributed by atoms with E-state index in [0.29, 0.717) is 45.6 Å². The lowest BCUT2D eigenvalue weighted by Crippen LogP contribution is -2.36. The van der Waals surface area contributed by atoms with Crippen LogP contribution in [0.1, 0.15) is 40.2 Å². The summed E-state index contributed by atoms with van der Waals surface area (Å²) in [5.41, 5.74) is 1.67. The average molecular weight is 610 g/mol. The van der Waals surface area contributed by atoms with Crippen LogP contribution in [0.2, 0.25) is 10.0 Å². The summed E-state index contributed by atoms with van der Waals surface area (Å²) in [6.07, 6.45) is 0.0395. The molecule has 0 saturated carbocycles. The molecule has 4 rings (SSSR count). The van der Waals surface area contributed by atoms with Crippen molar-refractivity contribution in [2.45, 2.75) is 26.8 Å². The van der Waals surface area contributed by atoms with Gasteiger partial charge in [0.15, 0.2) is 12.4 Å². The monoisotopic (exact) mass is 608 g/mol. The first-order valence-corrected chi connectivity index (χ1v) is 14.0. The molecule has 0 saturated heterocycles. The van der Waals surface area contributed by atoms with Gasteiger partial charge in [-0.3, -0.25) is 9.59 Å². The third-order valence-corrected chi connectivity index (χ3v) is 7.33. The summed E-state index contributed by atoms with van der Waals surface area (Å²) in [4.78, 5) is 41.1. The number of benzene rings is 2. The summed E-state index contributed by atoms with van der Waals surface area (Å²) in [6.45, 7) is 4.31. The fourth-order valence-corrected chi connectivity index (χ4v) is 5.63. The van der Waals surface area contributed by atoms with Gasteiger partial charge in [-0.2, -0.15) is 0 Å². The van der Waals surface area contributed by atoms with Crippen LogP contribution in [0.5, 0.6) is 11.5 Å². The third kappa shape index (κ3) is 7.88. The number of fused-ring (bicyclic) bond motifs is 1. The highest BCUT2D eigenvalue weighted by molar-refractivity contribution is 7.17. The number of carbonyl (C=O) groups excluding carboxylic acids is 3. The predicted octanol–water partition coefficient (Wildman–Crippen LogP) is 5.83. The maximum Gasteiger partial charge on any atom is 0.410 e. The highest BCUT2D eigenvalue weighted by Crippen LogP contribution is 2.39. The van der Waals surface area contributed by atoms with Crippen molar-refractivity contribution in [2.75, 3.05) is 38.8 Å². The molecule has 1 aromatic heterocycles. The quantitative estimate of drug-likeness (QED) is 0.309. The lowest BCUT2D eigenvalue weighted by Gasteiger charge is -2.26. The minimum absolute atomic E-state index is 0.235. The number of methoxy groups -OCH3 is 1. The van der Waals surface area contributed by atoms with Crippen molar-refractivity contribution in [1.82, 2.24) is 4.90 Å². The van der Waals surface area contributed by atoms with Crippen LogP contribution in [0.4, 0.5) is 9.80 Å². The Morgan fingerprint density at radius 1 is 1.10 bits per heavy atom. The first-order chi connectivity index (χ1) is 19.2. The molecule has 2 N–H and O–H groups in total. The number of nitrogens with zero attached hydrogens (tertiary/aromatic N) is 1. The summed E-state index contributed by atoms with van der Waals surface area (Å²) >= 11 is 13.3. The molecule has 0 atom stereocenters. The Bertz CT molecular complexity index is 1350. The van der Waals surface area contributed by atoms with Gasteiger partial charge in [0.05, 0.1) is 30.8 Å². The standard InChI is InChI=1S/C26H24Cl2N2O6S.C2H6O/c1-3-35-26(33)30-11-10-18-21(13-30)37-25(23(18)24(32)15-4-7-17(34-2)8-5-15)29-22(31)14-36-20-9-6-16(27)12-19(20)28;1-2-3/h4-9,12H,3,10-11,13-14H2,1-2H3,(H,29,31);3H,2H2,1H3. The van der Waals surface area contributed by atoms with Crippen molar-refractivity contribution in [3.8, 4) is 11.5 Å². The molecule has 2 amide bonds. The Morgan fingerprint density at radius 3 is 2.42 bits per heavy atom. The van der Waals surface area contributed by atoms with E-state index in [1.165, 1.54) is 17.4 Å². The first-order valence-electron chi connectivity index (χ1n) is 12.5. The largest absolute Gasteiger partial charge is 0.497 e. The second-order valence-electron chi connectivity index (χ2n) is 8.36. The Hall–Kier alpha value is -3.31. The molecule has 0 radical (unpaired) electrons. The number of halogens is 2. The van der Waals surface area contributed by atoms with Crippen LogP contribution >= 0.6 is 34.5 Å². The lowest BCUT2D eigenvalue weighted by atomic mass is 9.96. The van der Waals surface area contributed by atoms with Crippen molar-refractivity contribution in [1.29, 1.82) is 0 Å². The molecule has 1 aliphatic heterocycles. The molecule has 2 heterocycles. The van der Waals surface area contributed by atoms with Gasteiger partial charge in [-0.05, 0) is 68.3 Å². The summed E-state index contributed by atoms with van der Waals surface area (Å²) < 4.78 is 15.9. The molecule has 3 aromatic rings. The van der Waals surface area contributed by atoms with E-state index in [0.717, 1.165) is 10.4 Å². The number of nitrogens with one attached hydrogen (secondary N) is 1. The fraction of sp³-hybridized carbons (Fsp3) is 0.321. The van der Waals surface area contributed by atoms with Gasteiger partial charge in [-0.1, -0.05) is 23.2 Å². The molecule has 0 unspecified atom stereocenters. The highest BCUT2D eigenvalue weighted by Gasteiger charge is 2.31. The van der Waals surface area contributed by atoms with Crippen molar-refractivity contribution >= 4 is 57.3 Å². The van der Waals surface area contributed by atoms with E-state index in [-0.39, 0.29) is 37.2 Å². The number of aliphatic hydroxyl groups is 1. The fourth-order valence-electron chi connectivity index (χ4n) is 3.89. The number of anilines is 1. The van der Waals surface area contributed by atoms with E-state index in [4.69, 9.17) is 42.5 Å². The maximum atomic E-state index is 13.6. The van der Waals surface area contributed by atoms with Gasteiger partial charge in [0, 0.05) is 28.6 Å². The summed E-state index contributed by atoms with van der Waals surface area (Å²) in [6, 6.07) is 11.5. The third-order valence-electron chi connectivity index (χ3n) is 5.67. The van der Waals surface area contributed by atoms with E-state index in [9.17, 15) is 14.4 Å². The lowest BCUT2D eigenvalue weighted by molar-refractivity contribution is -0.118. The van der Waals surface area contributed by atoms with Gasteiger partial charge in [-0.25, -0.2) is 4.79 Å². The number of rotatable bonds is 8. The Labute approximate surface area is 246 Å². The van der Waals surface area contributed by atoms with Crippen molar-refractivity contribution in [3.63, 3.8) is 0 Å². The number of hydrogen-bond donors (Lipinski definition) is 2. The van der Waals surface area contributed by atoms with Gasteiger partial charge in [0.2, 0.25) is 0 Å². The number of thiophene rings is 1. The molecule has 0 aliphatic carbocycles. The predicted molar refractivity (Wildman–Crippen MR) is 155 cm³/mol. The smallest absolute Gasteiger partial charge is 0.410 e. The molecular formula is C28H30Cl2N2O7S. The van der Waals surface area contributed by atoms with Crippen LogP contribution in [0.25, 0.3) is 0 Å². The molecule has 214 valence electrons. The second kappa shape index (κ2) is 14.9. The highest BCUT2D eigenvalue weighted by atomic mass is 35.5. The molecule has 9 nitrogen and oxygen atoms in total. The zero-order valence-electron chi connectivity index (χ0n) is 22.3. The van der Waals surface area contributed by atoms with Gasteiger partial charge >= 0.3 is 6.09 Å². The van der Waals surface area contributed by atoms with Crippen molar-refractivity contribution in [3.05, 3.63) is 74.1 Å². The number of amides is 2. The zero-order valence-corrected chi connectivity index (χ0v) is 24.6. The second-order valence-corrected chi connectivity index (χ2v) is 10.3. The first kappa shape index (κ1) is 31.2. The molecule has 40 heavy (non-hydrogen) atoms. The molecular weight excluding hydrogens is 579 g/mol. The number of ketones is 1. The number of hydrogen-bond acceptors (Lipinski definition) is 8.